The van der Waals surface area contributed by atoms with Crippen molar-refractivity contribution in [3.05, 3.63) is 0 Å². The molecule has 0 amide bonds. The van der Waals surface area contributed by atoms with Gasteiger partial charge in [0.25, 0.3) is 0 Å². The number of fused-ring (bicyclic) bond motifs is 1. The second-order valence-electron chi connectivity index (χ2n) is 6.70. The van der Waals surface area contributed by atoms with Crippen LogP contribution in [0.25, 0.3) is 0 Å². The summed E-state index contributed by atoms with van der Waals surface area (Å²) in [5.41, 5.74) is 0. The summed E-state index contributed by atoms with van der Waals surface area (Å²) in [7, 11) is 0. The maximum atomic E-state index is 11.6. The van der Waals surface area contributed by atoms with Crippen LogP contribution in [0.5, 0.6) is 0 Å². The van der Waals surface area contributed by atoms with Crippen LogP contribution < -0.4 is 43.2 Å². The van der Waals surface area contributed by atoms with E-state index in [1.54, 1.807) is 0 Å². The summed E-state index contributed by atoms with van der Waals surface area (Å²) in [6, 6.07) is 0. The van der Waals surface area contributed by atoms with E-state index in [0.717, 1.165) is 6.42 Å². The van der Waals surface area contributed by atoms with E-state index in [9.17, 15) is 8.23 Å². The van der Waals surface area contributed by atoms with Crippen LogP contribution in [-0.2, 0) is 7.86 Å². The van der Waals surface area contributed by atoms with Gasteiger partial charge in [-0.3, -0.25) is 0 Å². The van der Waals surface area contributed by atoms with Gasteiger partial charge in [0.15, 0.2) is 0 Å². The first-order valence-corrected chi connectivity index (χ1v) is 13.2. The summed E-state index contributed by atoms with van der Waals surface area (Å²) < 4.78 is 16.3. The van der Waals surface area contributed by atoms with Crippen LogP contribution in [0.2, 0.25) is 0 Å². The molecule has 4 atom stereocenters. The molecule has 3 nitrogen and oxygen atoms in total. The molecule has 1 saturated carbocycles. The Balaban J connectivity index is 1.65. The first-order chi connectivity index (χ1) is 10.8. The maximum absolute atomic E-state index is 11.6. The van der Waals surface area contributed by atoms with Crippen molar-refractivity contribution in [1.29, 1.82) is 0 Å². The molecule has 0 radical (unpaired) electrons. The fourth-order valence-corrected chi connectivity index (χ4v) is 9.60. The normalized spacial score (nSPS) is 31.6. The summed E-state index contributed by atoms with van der Waals surface area (Å²) in [6.45, 7) is 2.26. The fraction of sp³-hybridized carbons (Fsp3) is 0.941. The zero-order valence-electron chi connectivity index (χ0n) is 13.6. The van der Waals surface area contributed by atoms with Crippen molar-refractivity contribution in [2.75, 3.05) is 0 Å². The van der Waals surface area contributed by atoms with Gasteiger partial charge in [0.05, 0.1) is 0 Å². The number of hydrogen-bond acceptors (Lipinski definition) is 3. The molecule has 0 aromatic rings. The Hall–Kier alpha value is 0.890. The number of carbonyl (C=O) groups is 1. The second kappa shape index (κ2) is 10.7. The van der Waals surface area contributed by atoms with Crippen LogP contribution in [0.15, 0.2) is 0 Å². The standard InChI is InChI=1S/C17H30I2O3/c1-2-3-4-5-6-7-8-9-10-13-14-11-17(20)22-19-16(14)12-15(13)18-21/h13-16,21H,2-12H2,1H3/q-2/t13-,14?,15?,16?/m1/s1. The monoisotopic (exact) mass is 536 g/mol. The van der Waals surface area contributed by atoms with Gasteiger partial charge in [-0.2, -0.15) is 0 Å². The Labute approximate surface area is 157 Å². The molecule has 1 saturated heterocycles. The molecule has 0 aromatic heterocycles. The first-order valence-electron chi connectivity index (χ1n) is 8.86. The summed E-state index contributed by atoms with van der Waals surface area (Å²) >= 11 is -1.08. The Morgan fingerprint density at radius 1 is 1.18 bits per heavy atom. The summed E-state index contributed by atoms with van der Waals surface area (Å²) in [5.74, 6) is 1.21. The molecule has 22 heavy (non-hydrogen) atoms. The van der Waals surface area contributed by atoms with Crippen molar-refractivity contribution in [1.82, 2.24) is 0 Å². The summed E-state index contributed by atoms with van der Waals surface area (Å²) in [6.07, 6.45) is 13.9. The van der Waals surface area contributed by atoms with E-state index in [0.29, 0.717) is 26.1 Å². The Morgan fingerprint density at radius 2 is 1.86 bits per heavy atom. The molecule has 1 N–H and O–H groups in total. The van der Waals surface area contributed by atoms with E-state index in [4.69, 9.17) is 3.07 Å². The third-order valence-corrected chi connectivity index (χ3v) is 10.1. The molecule has 132 valence electrons. The average Bonchev–Trinajstić information content (AvgIpc) is 2.87. The number of hydrogen-bond donors (Lipinski definition) is 1. The minimum absolute atomic E-state index is 0.0340. The van der Waals surface area contributed by atoms with E-state index >= 15 is 0 Å². The summed E-state index contributed by atoms with van der Waals surface area (Å²) in [4.78, 5) is 11.6. The molecule has 5 heteroatoms. The fourth-order valence-electron chi connectivity index (χ4n) is 3.83. The molecule has 2 fully saturated rings. The van der Waals surface area contributed by atoms with Gasteiger partial charge in [-0.25, -0.2) is 0 Å². The van der Waals surface area contributed by atoms with Crippen molar-refractivity contribution >= 4 is 5.97 Å². The molecule has 2 rings (SSSR count). The van der Waals surface area contributed by atoms with Crippen LogP contribution >= 0.6 is 0 Å². The molecular weight excluding hydrogens is 506 g/mol. The summed E-state index contributed by atoms with van der Waals surface area (Å²) in [5, 5.41) is 0. The average molecular weight is 536 g/mol. The number of rotatable bonds is 10. The molecule has 0 aromatic carbocycles. The van der Waals surface area contributed by atoms with Gasteiger partial charge in [0.1, 0.15) is 0 Å². The third-order valence-electron chi connectivity index (χ3n) is 5.09. The third kappa shape index (κ3) is 5.76. The van der Waals surface area contributed by atoms with E-state index < -0.39 is 43.2 Å². The van der Waals surface area contributed by atoms with E-state index in [1.165, 1.54) is 57.8 Å². The van der Waals surface area contributed by atoms with Crippen molar-refractivity contribution in [2.45, 2.75) is 85.4 Å². The van der Waals surface area contributed by atoms with Gasteiger partial charge >= 0.3 is 158 Å². The van der Waals surface area contributed by atoms with E-state index in [-0.39, 0.29) is 5.97 Å². The van der Waals surface area contributed by atoms with Crippen LogP contribution in [0.4, 0.5) is 0 Å². The van der Waals surface area contributed by atoms with E-state index in [2.05, 4.69) is 6.92 Å². The Bertz CT molecular complexity index is 338. The number of unbranched alkanes of at least 4 members (excludes halogenated alkanes) is 7. The number of carbonyl (C=O) groups excluding carboxylic acids is 1. The molecule has 0 spiro atoms. The molecule has 0 bridgehead atoms. The van der Waals surface area contributed by atoms with Gasteiger partial charge in [-0.1, -0.05) is 0 Å². The predicted molar refractivity (Wildman–Crippen MR) is 79.3 cm³/mol. The predicted octanol–water partition coefficient (Wildman–Crippen LogP) is -2.16. The zero-order chi connectivity index (χ0) is 15.8. The van der Waals surface area contributed by atoms with Crippen molar-refractivity contribution in [3.8, 4) is 0 Å². The van der Waals surface area contributed by atoms with E-state index in [1.807, 2.05) is 0 Å². The SMILES string of the molecule is CCCCCCCCCC[C@H]1C([I-]O)CC2[I-]OC(=O)CC21. The van der Waals surface area contributed by atoms with Crippen molar-refractivity contribution < 1.29 is 54.5 Å². The van der Waals surface area contributed by atoms with Gasteiger partial charge in [-0.15, -0.1) is 0 Å². The van der Waals surface area contributed by atoms with Crippen LogP contribution in [-0.4, -0.2) is 17.3 Å². The molecule has 1 aliphatic heterocycles. The van der Waals surface area contributed by atoms with Crippen LogP contribution in [0, 0.1) is 11.8 Å². The van der Waals surface area contributed by atoms with Crippen LogP contribution in [0.3, 0.4) is 0 Å². The molecule has 1 heterocycles. The van der Waals surface area contributed by atoms with Gasteiger partial charge in [-0.05, 0) is 0 Å². The van der Waals surface area contributed by atoms with Crippen molar-refractivity contribution in [3.63, 3.8) is 0 Å². The minimum atomic E-state index is -0.675. The van der Waals surface area contributed by atoms with Crippen LogP contribution in [0.1, 0.15) is 77.6 Å². The number of alkyl halides is 2. The molecule has 3 unspecified atom stereocenters. The quantitative estimate of drug-likeness (QED) is 0.197. The second-order valence-corrected chi connectivity index (χ2v) is 11.4. The Kier molecular flexibility index (Phi) is 9.34. The molecular formula is C17H30I2O3-2. The Morgan fingerprint density at radius 3 is 2.55 bits per heavy atom. The molecule has 2 aliphatic rings. The van der Waals surface area contributed by atoms with Gasteiger partial charge in [0.2, 0.25) is 0 Å². The zero-order valence-corrected chi connectivity index (χ0v) is 17.9. The van der Waals surface area contributed by atoms with Gasteiger partial charge in [0, 0.05) is 0 Å². The number of halogens is 2. The van der Waals surface area contributed by atoms with Crippen molar-refractivity contribution in [2.24, 2.45) is 11.8 Å². The topological polar surface area (TPSA) is 46.5 Å². The van der Waals surface area contributed by atoms with Gasteiger partial charge < -0.3 is 0 Å². The first kappa shape index (κ1) is 19.2. The molecule has 1 aliphatic carbocycles.